The highest BCUT2D eigenvalue weighted by atomic mass is 16.5. The first-order valence-corrected chi connectivity index (χ1v) is 10.8. The van der Waals surface area contributed by atoms with Crippen LogP contribution in [0.5, 0.6) is 34.5 Å². The Morgan fingerprint density at radius 1 is 0.694 bits per heavy atom. The molecule has 186 valence electrons. The van der Waals surface area contributed by atoms with E-state index in [4.69, 9.17) is 32.8 Å². The van der Waals surface area contributed by atoms with Crippen molar-refractivity contribution >= 4 is 16.9 Å². The molecule has 0 saturated heterocycles. The van der Waals surface area contributed by atoms with Gasteiger partial charge in [-0.2, -0.15) is 0 Å². The fraction of sp³-hybridized carbons (Fsp3) is 0.185. The summed E-state index contributed by atoms with van der Waals surface area (Å²) in [7, 11) is 7.31. The van der Waals surface area contributed by atoms with E-state index in [9.17, 15) is 9.59 Å². The second-order valence-electron chi connectivity index (χ2n) is 7.46. The number of ether oxygens (including phenoxy) is 6. The van der Waals surface area contributed by atoms with Gasteiger partial charge in [-0.05, 0) is 42.5 Å². The van der Waals surface area contributed by atoms with Gasteiger partial charge in [0.15, 0.2) is 28.8 Å². The summed E-state index contributed by atoms with van der Waals surface area (Å²) >= 11 is 0. The van der Waals surface area contributed by atoms with Gasteiger partial charge in [0.25, 0.3) is 0 Å². The van der Waals surface area contributed by atoms with Gasteiger partial charge in [0.2, 0.25) is 16.9 Å². The minimum Gasteiger partial charge on any atom is -0.493 e. The molecular formula is C27H24O9. The molecular weight excluding hydrogens is 468 g/mol. The van der Waals surface area contributed by atoms with E-state index in [1.807, 2.05) is 0 Å². The van der Waals surface area contributed by atoms with Gasteiger partial charge in [-0.1, -0.05) is 12.1 Å². The molecule has 0 N–H and O–H groups in total. The Hall–Kier alpha value is -4.66. The van der Waals surface area contributed by atoms with E-state index in [-0.39, 0.29) is 34.0 Å². The van der Waals surface area contributed by atoms with Crippen LogP contribution in [0.1, 0.15) is 10.4 Å². The van der Waals surface area contributed by atoms with E-state index >= 15 is 0 Å². The first-order valence-electron chi connectivity index (χ1n) is 10.8. The fourth-order valence-electron chi connectivity index (χ4n) is 3.74. The van der Waals surface area contributed by atoms with Crippen molar-refractivity contribution in [2.75, 3.05) is 35.5 Å². The molecule has 0 atom stereocenters. The van der Waals surface area contributed by atoms with Gasteiger partial charge in [-0.25, -0.2) is 4.79 Å². The summed E-state index contributed by atoms with van der Waals surface area (Å²) < 4.78 is 38.4. The summed E-state index contributed by atoms with van der Waals surface area (Å²) in [6.45, 7) is 0. The average Bonchev–Trinajstić information content (AvgIpc) is 2.92. The normalized spacial score (nSPS) is 10.6. The number of rotatable bonds is 8. The van der Waals surface area contributed by atoms with Crippen LogP contribution >= 0.6 is 0 Å². The zero-order chi connectivity index (χ0) is 25.8. The second kappa shape index (κ2) is 10.3. The standard InChI is InChI=1S/C27H24O9/c1-30-19-11-10-15(12-20(19)31-2)24-26(23(28)17-8-6-7-9-18(17)35-24)36-27(29)16-13-21(32-3)25(34-5)22(14-16)33-4/h6-14H,1-5H3. The number of fused-ring (bicyclic) bond motifs is 1. The van der Waals surface area contributed by atoms with Crippen LogP contribution in [0.25, 0.3) is 22.3 Å². The maximum atomic E-state index is 13.5. The molecule has 0 saturated carbocycles. The molecule has 0 aliphatic heterocycles. The van der Waals surface area contributed by atoms with Crippen molar-refractivity contribution < 1.29 is 37.6 Å². The van der Waals surface area contributed by atoms with Gasteiger partial charge < -0.3 is 32.8 Å². The zero-order valence-electron chi connectivity index (χ0n) is 20.4. The van der Waals surface area contributed by atoms with Crippen LogP contribution in [0.2, 0.25) is 0 Å². The largest absolute Gasteiger partial charge is 0.493 e. The molecule has 4 aromatic rings. The van der Waals surface area contributed by atoms with E-state index in [0.29, 0.717) is 28.4 Å². The van der Waals surface area contributed by atoms with Gasteiger partial charge in [0, 0.05) is 5.56 Å². The Kier molecular flexibility index (Phi) is 7.00. The topological polar surface area (TPSA) is 103 Å². The molecule has 0 radical (unpaired) electrons. The maximum Gasteiger partial charge on any atom is 0.344 e. The number of methoxy groups -OCH3 is 5. The van der Waals surface area contributed by atoms with Crippen LogP contribution in [-0.4, -0.2) is 41.5 Å². The lowest BCUT2D eigenvalue weighted by Gasteiger charge is -2.15. The van der Waals surface area contributed by atoms with Gasteiger partial charge in [-0.15, -0.1) is 0 Å². The molecule has 9 nitrogen and oxygen atoms in total. The number of carbonyl (C=O) groups is 1. The maximum absolute atomic E-state index is 13.5. The van der Waals surface area contributed by atoms with Gasteiger partial charge >= 0.3 is 5.97 Å². The lowest BCUT2D eigenvalue weighted by atomic mass is 10.1. The smallest absolute Gasteiger partial charge is 0.344 e. The fourth-order valence-corrected chi connectivity index (χ4v) is 3.74. The molecule has 0 aliphatic rings. The molecule has 0 aliphatic carbocycles. The lowest BCUT2D eigenvalue weighted by Crippen LogP contribution is -2.16. The first kappa shape index (κ1) is 24.5. The van der Waals surface area contributed by atoms with Crippen molar-refractivity contribution in [3.63, 3.8) is 0 Å². The first-order chi connectivity index (χ1) is 17.4. The molecule has 3 aromatic carbocycles. The molecule has 9 heteroatoms. The molecule has 0 bridgehead atoms. The van der Waals surface area contributed by atoms with Crippen LogP contribution in [-0.2, 0) is 0 Å². The number of hydrogen-bond acceptors (Lipinski definition) is 9. The van der Waals surface area contributed by atoms with Gasteiger partial charge in [-0.3, -0.25) is 4.79 Å². The molecule has 0 fully saturated rings. The number of esters is 1. The monoisotopic (exact) mass is 492 g/mol. The van der Waals surface area contributed by atoms with Crippen LogP contribution in [0.4, 0.5) is 0 Å². The summed E-state index contributed by atoms with van der Waals surface area (Å²) in [5.41, 5.74) is 0.348. The van der Waals surface area contributed by atoms with Crippen molar-refractivity contribution in [3.05, 3.63) is 70.4 Å². The number of benzene rings is 3. The Morgan fingerprint density at radius 2 is 1.33 bits per heavy atom. The number of para-hydroxylation sites is 1. The number of hydrogen-bond donors (Lipinski definition) is 0. The highest BCUT2D eigenvalue weighted by molar-refractivity contribution is 5.94. The third-order valence-corrected chi connectivity index (χ3v) is 5.50. The summed E-state index contributed by atoms with van der Waals surface area (Å²) in [5.74, 6) is 0.684. The third-order valence-electron chi connectivity index (χ3n) is 5.50. The quantitative estimate of drug-likeness (QED) is 0.323. The minimum atomic E-state index is -0.821. The van der Waals surface area contributed by atoms with E-state index in [1.165, 1.54) is 47.7 Å². The summed E-state index contributed by atoms with van der Waals surface area (Å²) in [4.78, 5) is 26.7. The van der Waals surface area contributed by atoms with Crippen molar-refractivity contribution in [1.82, 2.24) is 0 Å². The van der Waals surface area contributed by atoms with E-state index in [2.05, 4.69) is 0 Å². The number of carbonyl (C=O) groups excluding carboxylic acids is 1. The Bertz CT molecular complexity index is 1460. The molecule has 0 unspecified atom stereocenters. The Balaban J connectivity index is 1.88. The molecule has 4 rings (SSSR count). The predicted octanol–water partition coefficient (Wildman–Crippen LogP) is 4.72. The highest BCUT2D eigenvalue weighted by Gasteiger charge is 2.24. The Morgan fingerprint density at radius 3 is 1.94 bits per heavy atom. The zero-order valence-corrected chi connectivity index (χ0v) is 20.4. The molecule has 1 aromatic heterocycles. The van der Waals surface area contributed by atoms with Crippen LogP contribution < -0.4 is 33.8 Å². The molecule has 0 spiro atoms. The molecule has 36 heavy (non-hydrogen) atoms. The van der Waals surface area contributed by atoms with Crippen molar-refractivity contribution in [3.8, 4) is 45.8 Å². The summed E-state index contributed by atoms with van der Waals surface area (Å²) in [6.07, 6.45) is 0. The average molecular weight is 492 g/mol. The molecule has 1 heterocycles. The SMILES string of the molecule is COc1ccc(-c2oc3ccccc3c(=O)c2OC(=O)c2cc(OC)c(OC)c(OC)c2)cc1OC. The minimum absolute atomic E-state index is 0.0560. The summed E-state index contributed by atoms with van der Waals surface area (Å²) in [5, 5.41) is 0.259. The van der Waals surface area contributed by atoms with E-state index in [1.54, 1.807) is 42.5 Å². The van der Waals surface area contributed by atoms with Gasteiger partial charge in [0.1, 0.15) is 5.58 Å². The third kappa shape index (κ3) is 4.38. The predicted molar refractivity (Wildman–Crippen MR) is 132 cm³/mol. The van der Waals surface area contributed by atoms with Crippen LogP contribution in [0, 0.1) is 0 Å². The Labute approximate surface area is 206 Å². The van der Waals surface area contributed by atoms with Crippen LogP contribution in [0.3, 0.4) is 0 Å². The lowest BCUT2D eigenvalue weighted by molar-refractivity contribution is 0.0730. The van der Waals surface area contributed by atoms with E-state index < -0.39 is 11.4 Å². The van der Waals surface area contributed by atoms with E-state index in [0.717, 1.165) is 0 Å². The molecule has 0 amide bonds. The van der Waals surface area contributed by atoms with Gasteiger partial charge in [0.05, 0.1) is 46.5 Å². The van der Waals surface area contributed by atoms with Crippen LogP contribution in [0.15, 0.2) is 63.8 Å². The highest BCUT2D eigenvalue weighted by Crippen LogP contribution is 2.40. The second-order valence-corrected chi connectivity index (χ2v) is 7.46. The summed E-state index contributed by atoms with van der Waals surface area (Å²) in [6, 6.07) is 14.5. The van der Waals surface area contributed by atoms with Crippen molar-refractivity contribution in [1.29, 1.82) is 0 Å². The van der Waals surface area contributed by atoms with Crippen molar-refractivity contribution in [2.24, 2.45) is 0 Å². The van der Waals surface area contributed by atoms with Crippen molar-refractivity contribution in [2.45, 2.75) is 0 Å².